The zero-order chi connectivity index (χ0) is 23.7. The smallest absolute Gasteiger partial charge is 0.404 e. The third kappa shape index (κ3) is 4.95. The summed E-state index contributed by atoms with van der Waals surface area (Å²) < 4.78 is 1.66. The van der Waals surface area contributed by atoms with E-state index in [4.69, 9.17) is 39.9 Å². The predicted octanol–water partition coefficient (Wildman–Crippen LogP) is 5.68. The number of nitrogens with one attached hydrogen (secondary N) is 1. The predicted molar refractivity (Wildman–Crippen MR) is 129 cm³/mol. The van der Waals surface area contributed by atoms with Gasteiger partial charge in [0.1, 0.15) is 0 Å². The van der Waals surface area contributed by atoms with Crippen molar-refractivity contribution in [1.82, 2.24) is 20.0 Å². The fourth-order valence-electron chi connectivity index (χ4n) is 4.02. The molecule has 2 heterocycles. The van der Waals surface area contributed by atoms with Crippen LogP contribution in [-0.2, 0) is 0 Å². The van der Waals surface area contributed by atoms with Gasteiger partial charge in [-0.25, -0.2) is 9.48 Å². The van der Waals surface area contributed by atoms with Crippen molar-refractivity contribution in [2.45, 2.75) is 25.8 Å². The summed E-state index contributed by atoms with van der Waals surface area (Å²) in [5.41, 5.74) is 3.17. The van der Waals surface area contributed by atoms with E-state index in [0.717, 1.165) is 11.3 Å². The van der Waals surface area contributed by atoms with Crippen LogP contribution in [0.25, 0.3) is 16.9 Å². The minimum atomic E-state index is -1.05. The van der Waals surface area contributed by atoms with Crippen molar-refractivity contribution in [2.75, 3.05) is 13.1 Å². The Kier molecular flexibility index (Phi) is 6.83. The molecule has 4 rings (SSSR count). The summed E-state index contributed by atoms with van der Waals surface area (Å²) in [7, 11) is 0. The highest BCUT2D eigenvalue weighted by atomic mass is 35.5. The molecule has 0 spiro atoms. The third-order valence-electron chi connectivity index (χ3n) is 5.69. The van der Waals surface area contributed by atoms with Crippen LogP contribution in [0.1, 0.15) is 28.9 Å². The van der Waals surface area contributed by atoms with E-state index in [1.54, 1.807) is 39.9 Å². The Morgan fingerprint density at radius 2 is 1.67 bits per heavy atom. The molecule has 0 atom stereocenters. The molecule has 0 radical (unpaired) electrons. The minimum Gasteiger partial charge on any atom is -0.465 e. The number of carbonyl (C=O) groups is 2. The van der Waals surface area contributed by atoms with Crippen LogP contribution >= 0.6 is 34.8 Å². The average molecular weight is 508 g/mol. The van der Waals surface area contributed by atoms with Crippen molar-refractivity contribution in [1.29, 1.82) is 0 Å². The summed E-state index contributed by atoms with van der Waals surface area (Å²) in [5.74, 6) is -0.208. The van der Waals surface area contributed by atoms with Crippen molar-refractivity contribution in [3.63, 3.8) is 0 Å². The lowest BCUT2D eigenvalue weighted by Gasteiger charge is -2.31. The number of carboxylic acid groups (broad SMARTS) is 1. The molecule has 1 aromatic heterocycles. The maximum absolute atomic E-state index is 13.4. The molecule has 1 aliphatic rings. The summed E-state index contributed by atoms with van der Waals surface area (Å²) in [5, 5.41) is 17.6. The maximum atomic E-state index is 13.4. The van der Waals surface area contributed by atoms with E-state index in [1.165, 1.54) is 0 Å². The monoisotopic (exact) mass is 506 g/mol. The number of aromatic nitrogens is 2. The molecule has 0 aliphatic carbocycles. The Labute approximate surface area is 205 Å². The van der Waals surface area contributed by atoms with E-state index in [0.29, 0.717) is 57.9 Å². The van der Waals surface area contributed by atoms with Gasteiger partial charge in [0, 0.05) is 40.3 Å². The Hall–Kier alpha value is -2.74. The Balaban J connectivity index is 1.73. The lowest BCUT2D eigenvalue weighted by atomic mass is 10.0. The van der Waals surface area contributed by atoms with Crippen LogP contribution in [0, 0.1) is 6.92 Å². The van der Waals surface area contributed by atoms with Gasteiger partial charge in [0.05, 0.1) is 16.4 Å². The van der Waals surface area contributed by atoms with Gasteiger partial charge in [0.25, 0.3) is 5.91 Å². The number of amides is 2. The van der Waals surface area contributed by atoms with E-state index in [9.17, 15) is 9.59 Å². The molecule has 2 aromatic carbocycles. The maximum Gasteiger partial charge on any atom is 0.404 e. The Bertz CT molecular complexity index is 1200. The molecule has 2 N–H and O–H groups in total. The largest absolute Gasteiger partial charge is 0.465 e. The normalized spacial score (nSPS) is 14.4. The van der Waals surface area contributed by atoms with Crippen LogP contribution in [0.3, 0.4) is 0 Å². The second-order valence-corrected chi connectivity index (χ2v) is 9.13. The molecule has 33 heavy (non-hydrogen) atoms. The van der Waals surface area contributed by atoms with Crippen LogP contribution in [0.15, 0.2) is 42.5 Å². The first-order valence-corrected chi connectivity index (χ1v) is 11.5. The van der Waals surface area contributed by atoms with Crippen LogP contribution < -0.4 is 5.32 Å². The molecule has 3 aromatic rings. The number of piperidine rings is 1. The SMILES string of the molecule is Cc1c(C(=O)N2CCC(NC(=O)O)CC2)nn(-c2ccc(Cl)cc2Cl)c1-c1ccc(Cl)cc1. The molecular weight excluding hydrogens is 487 g/mol. The van der Waals surface area contributed by atoms with Gasteiger partial charge in [-0.3, -0.25) is 4.79 Å². The number of halogens is 3. The minimum absolute atomic E-state index is 0.164. The van der Waals surface area contributed by atoms with Gasteiger partial charge in [-0.2, -0.15) is 5.10 Å². The standard InChI is InChI=1S/C23H21Cl3N4O3/c1-13-20(22(31)29-10-8-17(9-11-29)27-23(32)33)28-30(19-7-6-16(25)12-18(19)26)21(13)14-2-4-15(24)5-3-14/h2-7,12,17,27H,8-11H2,1H3,(H,32,33). The van der Waals surface area contributed by atoms with Crippen LogP contribution in [0.2, 0.25) is 15.1 Å². The zero-order valence-corrected chi connectivity index (χ0v) is 20.0. The fraction of sp³-hybridized carbons (Fsp3) is 0.261. The third-order valence-corrected chi connectivity index (χ3v) is 6.48. The Morgan fingerprint density at radius 3 is 2.27 bits per heavy atom. The van der Waals surface area contributed by atoms with E-state index < -0.39 is 6.09 Å². The summed E-state index contributed by atoms with van der Waals surface area (Å²) >= 11 is 18.6. The van der Waals surface area contributed by atoms with Gasteiger partial charge < -0.3 is 15.3 Å². The molecule has 172 valence electrons. The van der Waals surface area contributed by atoms with Gasteiger partial charge in [-0.1, -0.05) is 46.9 Å². The number of nitrogens with zero attached hydrogens (tertiary/aromatic N) is 3. The summed E-state index contributed by atoms with van der Waals surface area (Å²) in [4.78, 5) is 26.0. The number of rotatable bonds is 4. The molecule has 7 nitrogen and oxygen atoms in total. The second kappa shape index (κ2) is 9.63. The lowest BCUT2D eigenvalue weighted by molar-refractivity contribution is 0.0698. The first-order valence-electron chi connectivity index (χ1n) is 10.3. The van der Waals surface area contributed by atoms with Crippen molar-refractivity contribution in [3.8, 4) is 16.9 Å². The summed E-state index contributed by atoms with van der Waals surface area (Å²) in [6.45, 7) is 2.73. The number of benzene rings is 2. The first-order chi connectivity index (χ1) is 15.7. The summed E-state index contributed by atoms with van der Waals surface area (Å²) in [6, 6.07) is 12.2. The van der Waals surface area contributed by atoms with Gasteiger partial charge in [0.15, 0.2) is 5.69 Å². The van der Waals surface area contributed by atoms with Crippen LogP contribution in [0.4, 0.5) is 4.79 Å². The molecule has 0 bridgehead atoms. The van der Waals surface area contributed by atoms with E-state index >= 15 is 0 Å². The molecule has 1 saturated heterocycles. The fourth-order valence-corrected chi connectivity index (χ4v) is 4.64. The van der Waals surface area contributed by atoms with Crippen molar-refractivity contribution < 1.29 is 14.7 Å². The van der Waals surface area contributed by atoms with E-state index in [1.807, 2.05) is 19.1 Å². The van der Waals surface area contributed by atoms with Crippen molar-refractivity contribution >= 4 is 46.8 Å². The van der Waals surface area contributed by atoms with Gasteiger partial charge >= 0.3 is 6.09 Å². The van der Waals surface area contributed by atoms with Crippen molar-refractivity contribution in [3.05, 3.63) is 68.8 Å². The highest BCUT2D eigenvalue weighted by Crippen LogP contribution is 2.33. The van der Waals surface area contributed by atoms with Crippen LogP contribution in [0.5, 0.6) is 0 Å². The Morgan fingerprint density at radius 1 is 1.03 bits per heavy atom. The van der Waals surface area contributed by atoms with Crippen molar-refractivity contribution in [2.24, 2.45) is 0 Å². The van der Waals surface area contributed by atoms with Gasteiger partial charge in [-0.15, -0.1) is 0 Å². The molecular formula is C23H21Cl3N4O3. The molecule has 10 heteroatoms. The zero-order valence-electron chi connectivity index (χ0n) is 17.7. The van der Waals surface area contributed by atoms with E-state index in [-0.39, 0.29) is 11.9 Å². The highest BCUT2D eigenvalue weighted by molar-refractivity contribution is 6.35. The second-order valence-electron chi connectivity index (χ2n) is 7.85. The summed E-state index contributed by atoms with van der Waals surface area (Å²) in [6.07, 6.45) is 0.0391. The number of hydrogen-bond acceptors (Lipinski definition) is 3. The number of likely N-dealkylation sites (tertiary alicyclic amines) is 1. The molecule has 2 amide bonds. The number of carbonyl (C=O) groups excluding carboxylic acids is 1. The quantitative estimate of drug-likeness (QED) is 0.475. The molecule has 1 fully saturated rings. The van der Waals surface area contributed by atoms with E-state index in [2.05, 4.69) is 10.4 Å². The topological polar surface area (TPSA) is 87.5 Å². The average Bonchev–Trinajstić information content (AvgIpc) is 3.11. The number of hydrogen-bond donors (Lipinski definition) is 2. The molecule has 0 saturated carbocycles. The first kappa shape index (κ1) is 23.4. The van der Waals surface area contributed by atoms with Gasteiger partial charge in [0.2, 0.25) is 0 Å². The van der Waals surface area contributed by atoms with Gasteiger partial charge in [-0.05, 0) is 50.1 Å². The molecule has 0 unspecified atom stereocenters. The highest BCUT2D eigenvalue weighted by Gasteiger charge is 2.29. The van der Waals surface area contributed by atoms with Crippen LogP contribution in [-0.4, -0.2) is 50.9 Å². The molecule has 1 aliphatic heterocycles. The lowest BCUT2D eigenvalue weighted by Crippen LogP contribution is -2.46.